The highest BCUT2D eigenvalue weighted by Crippen LogP contribution is 2.34. The maximum Gasteiger partial charge on any atom is 0.307 e. The van der Waals surface area contributed by atoms with Crippen molar-refractivity contribution in [2.45, 2.75) is 66.0 Å². The summed E-state index contributed by atoms with van der Waals surface area (Å²) < 4.78 is 26.6. The molecule has 1 fully saturated rings. The van der Waals surface area contributed by atoms with Crippen LogP contribution in [0.3, 0.4) is 0 Å². The summed E-state index contributed by atoms with van der Waals surface area (Å²) >= 11 is 0. The first-order valence-corrected chi connectivity index (χ1v) is 14.7. The van der Waals surface area contributed by atoms with Gasteiger partial charge in [-0.2, -0.15) is 0 Å². The van der Waals surface area contributed by atoms with Gasteiger partial charge in [-0.3, -0.25) is 14.5 Å². The van der Waals surface area contributed by atoms with Crippen LogP contribution in [0, 0.1) is 5.41 Å². The molecule has 1 aliphatic heterocycles. The first kappa shape index (κ1) is 31.5. The fourth-order valence-electron chi connectivity index (χ4n) is 3.17. The van der Waals surface area contributed by atoms with E-state index < -0.39 is 0 Å². The van der Waals surface area contributed by atoms with Crippen LogP contribution in [0.1, 0.15) is 53.9 Å². The molecule has 0 amide bonds. The van der Waals surface area contributed by atoms with Crippen LogP contribution < -0.4 is 0 Å². The Balaban J connectivity index is 1.86. The van der Waals surface area contributed by atoms with Crippen LogP contribution in [0.2, 0.25) is 0 Å². The Kier molecular flexibility index (Phi) is 17.3. The first-order valence-electron chi connectivity index (χ1n) is 12.2. The summed E-state index contributed by atoms with van der Waals surface area (Å²) in [6, 6.07) is 0.962. The molecule has 10 heteroatoms. The van der Waals surface area contributed by atoms with E-state index in [0.29, 0.717) is 64.6 Å². The lowest BCUT2D eigenvalue weighted by atomic mass is 9.91. The second kappa shape index (κ2) is 18.7. The van der Waals surface area contributed by atoms with E-state index in [9.17, 15) is 9.59 Å². The number of hydrogen-bond donors (Lipinski definition) is 0. The SMILES string of the molecule is CC(C)N(CCC(=O)OCCOCCOCCOCCOC(=O)CCC(C)(C)C)C1CSSC1. The molecule has 1 aliphatic rings. The predicted molar refractivity (Wildman–Crippen MR) is 138 cm³/mol. The number of rotatable bonds is 19. The Morgan fingerprint density at radius 2 is 1.24 bits per heavy atom. The minimum Gasteiger partial charge on any atom is -0.463 e. The molecule has 0 atom stereocenters. The third kappa shape index (κ3) is 17.0. The highest BCUT2D eigenvalue weighted by atomic mass is 33.1. The van der Waals surface area contributed by atoms with Crippen LogP contribution in [0.15, 0.2) is 0 Å². The van der Waals surface area contributed by atoms with Gasteiger partial charge in [0.15, 0.2) is 0 Å². The lowest BCUT2D eigenvalue weighted by Gasteiger charge is -2.31. The van der Waals surface area contributed by atoms with Gasteiger partial charge in [-0.15, -0.1) is 0 Å². The lowest BCUT2D eigenvalue weighted by Crippen LogP contribution is -2.43. The Morgan fingerprint density at radius 3 is 1.68 bits per heavy atom. The van der Waals surface area contributed by atoms with Crippen LogP contribution >= 0.6 is 21.6 Å². The van der Waals surface area contributed by atoms with Gasteiger partial charge in [0.05, 0.1) is 46.1 Å². The largest absolute Gasteiger partial charge is 0.463 e. The molecule has 0 aromatic carbocycles. The Morgan fingerprint density at radius 1 is 0.794 bits per heavy atom. The van der Waals surface area contributed by atoms with Crippen LogP contribution in [0.25, 0.3) is 0 Å². The zero-order chi connectivity index (χ0) is 25.2. The van der Waals surface area contributed by atoms with Gasteiger partial charge in [-0.25, -0.2) is 0 Å². The molecule has 1 heterocycles. The summed E-state index contributed by atoms with van der Waals surface area (Å²) in [7, 11) is 3.81. The smallest absolute Gasteiger partial charge is 0.307 e. The van der Waals surface area contributed by atoms with Crippen molar-refractivity contribution in [3.63, 3.8) is 0 Å². The molecular weight excluding hydrogens is 478 g/mol. The summed E-state index contributed by atoms with van der Waals surface area (Å²) in [5.74, 6) is 1.87. The van der Waals surface area contributed by atoms with Crippen LogP contribution in [-0.4, -0.2) is 99.8 Å². The van der Waals surface area contributed by atoms with E-state index in [2.05, 4.69) is 39.5 Å². The molecule has 0 N–H and O–H groups in total. The Hall–Kier alpha value is -0.520. The van der Waals surface area contributed by atoms with Gasteiger partial charge in [-0.1, -0.05) is 42.4 Å². The maximum absolute atomic E-state index is 12.0. The van der Waals surface area contributed by atoms with Crippen molar-refractivity contribution in [2.75, 3.05) is 70.9 Å². The van der Waals surface area contributed by atoms with Gasteiger partial charge in [0.25, 0.3) is 0 Å². The standard InChI is InChI=1S/C24H45NO7S2/c1-20(2)25(21-18-33-34-19-21)9-7-23(27)32-17-15-30-13-11-28-10-12-29-14-16-31-22(26)6-8-24(3,4)5/h20-21H,6-19H2,1-5H3. The monoisotopic (exact) mass is 523 g/mol. The average molecular weight is 524 g/mol. The maximum atomic E-state index is 12.0. The van der Waals surface area contributed by atoms with E-state index in [4.69, 9.17) is 23.7 Å². The van der Waals surface area contributed by atoms with E-state index in [1.165, 1.54) is 0 Å². The molecule has 0 aliphatic carbocycles. The molecule has 1 saturated heterocycles. The first-order chi connectivity index (χ1) is 16.2. The van der Waals surface area contributed by atoms with E-state index in [1.54, 1.807) is 0 Å². The van der Waals surface area contributed by atoms with Crippen LogP contribution in [-0.2, 0) is 33.3 Å². The number of carbonyl (C=O) groups excluding carboxylic acids is 2. The third-order valence-electron chi connectivity index (χ3n) is 5.12. The molecule has 0 aromatic rings. The Labute approximate surface area is 213 Å². The summed E-state index contributed by atoms with van der Waals surface area (Å²) in [5.41, 5.74) is 0.129. The van der Waals surface area contributed by atoms with Gasteiger partial charge in [0.2, 0.25) is 0 Å². The molecule has 1 rings (SSSR count). The number of nitrogens with zero attached hydrogens (tertiary/aromatic N) is 1. The molecule has 0 aromatic heterocycles. The molecule has 0 bridgehead atoms. The second-order valence-corrected chi connectivity index (χ2v) is 12.2. The molecule has 34 heavy (non-hydrogen) atoms. The van der Waals surface area contributed by atoms with Gasteiger partial charge in [0.1, 0.15) is 13.2 Å². The number of carbonyl (C=O) groups is 2. The summed E-state index contributed by atoms with van der Waals surface area (Å²) in [6.07, 6.45) is 1.64. The third-order valence-corrected chi connectivity index (χ3v) is 7.64. The van der Waals surface area contributed by atoms with Crippen molar-refractivity contribution >= 4 is 33.5 Å². The second-order valence-electron chi connectivity index (χ2n) is 9.64. The van der Waals surface area contributed by atoms with E-state index in [0.717, 1.165) is 24.5 Å². The van der Waals surface area contributed by atoms with Crippen molar-refractivity contribution in [1.29, 1.82) is 0 Å². The van der Waals surface area contributed by atoms with Crippen LogP contribution in [0.5, 0.6) is 0 Å². The summed E-state index contributed by atoms with van der Waals surface area (Å²) in [4.78, 5) is 26.0. The molecule has 0 unspecified atom stereocenters. The van der Waals surface area contributed by atoms with E-state index >= 15 is 0 Å². The van der Waals surface area contributed by atoms with Gasteiger partial charge < -0.3 is 23.7 Å². The summed E-state index contributed by atoms with van der Waals surface area (Å²) in [6.45, 7) is 14.4. The summed E-state index contributed by atoms with van der Waals surface area (Å²) in [5, 5.41) is 0. The van der Waals surface area contributed by atoms with Gasteiger partial charge in [0, 0.05) is 36.6 Å². The van der Waals surface area contributed by atoms with Crippen molar-refractivity contribution < 1.29 is 33.3 Å². The zero-order valence-corrected chi connectivity index (χ0v) is 23.3. The van der Waals surface area contributed by atoms with Crippen molar-refractivity contribution in [2.24, 2.45) is 5.41 Å². The number of hydrogen-bond acceptors (Lipinski definition) is 10. The highest BCUT2D eigenvalue weighted by molar-refractivity contribution is 8.77. The molecular formula is C24H45NO7S2. The van der Waals surface area contributed by atoms with Crippen molar-refractivity contribution in [3.05, 3.63) is 0 Å². The fraction of sp³-hybridized carbons (Fsp3) is 0.917. The zero-order valence-electron chi connectivity index (χ0n) is 21.7. The normalized spacial score (nSPS) is 14.8. The number of esters is 2. The van der Waals surface area contributed by atoms with E-state index in [1.807, 2.05) is 21.6 Å². The van der Waals surface area contributed by atoms with Gasteiger partial charge in [-0.05, 0) is 25.7 Å². The van der Waals surface area contributed by atoms with Gasteiger partial charge >= 0.3 is 11.9 Å². The molecule has 0 saturated carbocycles. The van der Waals surface area contributed by atoms with Crippen molar-refractivity contribution in [3.8, 4) is 0 Å². The number of ether oxygens (including phenoxy) is 5. The molecule has 0 spiro atoms. The highest BCUT2D eigenvalue weighted by Gasteiger charge is 2.26. The lowest BCUT2D eigenvalue weighted by molar-refractivity contribution is -0.146. The predicted octanol–water partition coefficient (Wildman–Crippen LogP) is 3.81. The van der Waals surface area contributed by atoms with Crippen LogP contribution in [0.4, 0.5) is 0 Å². The quantitative estimate of drug-likeness (QED) is 0.142. The average Bonchev–Trinajstić information content (AvgIpc) is 3.29. The van der Waals surface area contributed by atoms with E-state index in [-0.39, 0.29) is 30.6 Å². The minimum absolute atomic E-state index is 0.129. The molecule has 0 radical (unpaired) electrons. The van der Waals surface area contributed by atoms with Crippen molar-refractivity contribution in [1.82, 2.24) is 4.90 Å². The fourth-order valence-corrected chi connectivity index (χ4v) is 5.96. The topological polar surface area (TPSA) is 83.5 Å². The minimum atomic E-state index is -0.183. The molecule has 200 valence electrons. The Bertz CT molecular complexity index is 552. The molecule has 8 nitrogen and oxygen atoms in total.